The molecular formula is C8H11NO3. The molecule has 0 saturated heterocycles. The van der Waals surface area contributed by atoms with Gasteiger partial charge in [0.05, 0.1) is 6.61 Å². The quantitative estimate of drug-likeness (QED) is 0.586. The van der Waals surface area contributed by atoms with E-state index in [2.05, 4.69) is 4.74 Å². The van der Waals surface area contributed by atoms with Gasteiger partial charge in [0, 0.05) is 6.54 Å². The molecule has 0 spiro atoms. The molecule has 4 nitrogen and oxygen atoms in total. The molecule has 66 valence electrons. The molecule has 4 heteroatoms. The summed E-state index contributed by atoms with van der Waals surface area (Å²) in [5.41, 5.74) is 0. The Bertz CT molecular complexity index is 222. The van der Waals surface area contributed by atoms with Crippen LogP contribution in [0.5, 0.6) is 0 Å². The van der Waals surface area contributed by atoms with Crippen molar-refractivity contribution in [2.75, 3.05) is 13.2 Å². The first kappa shape index (κ1) is 8.77. The molecule has 2 amide bonds. The van der Waals surface area contributed by atoms with Crippen LogP contribution in [0, 0.1) is 0 Å². The first-order chi connectivity index (χ1) is 5.75. The monoisotopic (exact) mass is 169 g/mol. The van der Waals surface area contributed by atoms with Gasteiger partial charge in [-0.1, -0.05) is 6.08 Å². The van der Waals surface area contributed by atoms with Crippen molar-refractivity contribution in [3.63, 3.8) is 0 Å². The van der Waals surface area contributed by atoms with Crippen LogP contribution in [-0.2, 0) is 9.53 Å². The molecule has 0 N–H and O–H groups in total. The predicted molar refractivity (Wildman–Crippen MR) is 42.5 cm³/mol. The van der Waals surface area contributed by atoms with Gasteiger partial charge in [0.1, 0.15) is 0 Å². The Morgan fingerprint density at radius 2 is 2.50 bits per heavy atom. The number of hydrogen-bond donors (Lipinski definition) is 0. The fraction of sp³-hybridized carbons (Fsp3) is 0.500. The van der Waals surface area contributed by atoms with Gasteiger partial charge < -0.3 is 4.74 Å². The van der Waals surface area contributed by atoms with Crippen LogP contribution >= 0.6 is 0 Å². The maximum atomic E-state index is 11.1. The molecule has 0 unspecified atom stereocenters. The largest absolute Gasteiger partial charge is 0.449 e. The van der Waals surface area contributed by atoms with Crippen LogP contribution in [0.3, 0.4) is 0 Å². The van der Waals surface area contributed by atoms with E-state index in [4.69, 9.17) is 0 Å². The van der Waals surface area contributed by atoms with E-state index in [0.717, 1.165) is 4.90 Å². The van der Waals surface area contributed by atoms with E-state index in [-0.39, 0.29) is 5.91 Å². The van der Waals surface area contributed by atoms with E-state index >= 15 is 0 Å². The van der Waals surface area contributed by atoms with Crippen LogP contribution in [-0.4, -0.2) is 30.1 Å². The van der Waals surface area contributed by atoms with Crippen LogP contribution in [0.2, 0.25) is 0 Å². The smallest absolute Gasteiger partial charge is 0.416 e. The molecule has 1 aliphatic rings. The van der Waals surface area contributed by atoms with Crippen LogP contribution in [0.4, 0.5) is 4.79 Å². The normalized spacial score (nSPS) is 16.4. The minimum atomic E-state index is -0.549. The van der Waals surface area contributed by atoms with Crippen molar-refractivity contribution < 1.29 is 14.3 Å². The Morgan fingerprint density at radius 1 is 1.75 bits per heavy atom. The molecule has 1 heterocycles. The minimum Gasteiger partial charge on any atom is -0.449 e. The second kappa shape index (κ2) is 3.90. The summed E-state index contributed by atoms with van der Waals surface area (Å²) in [7, 11) is 0. The van der Waals surface area contributed by atoms with Crippen molar-refractivity contribution in [2.24, 2.45) is 0 Å². The van der Waals surface area contributed by atoms with E-state index in [9.17, 15) is 9.59 Å². The highest BCUT2D eigenvalue weighted by atomic mass is 16.6. The van der Waals surface area contributed by atoms with Gasteiger partial charge in [-0.05, 0) is 19.4 Å². The Hall–Kier alpha value is -1.32. The van der Waals surface area contributed by atoms with Crippen molar-refractivity contribution in [1.29, 1.82) is 0 Å². The van der Waals surface area contributed by atoms with Gasteiger partial charge in [-0.25, -0.2) is 9.69 Å². The van der Waals surface area contributed by atoms with Crippen LogP contribution in [0.15, 0.2) is 12.2 Å². The molecule has 0 saturated carbocycles. The lowest BCUT2D eigenvalue weighted by Gasteiger charge is -2.19. The Kier molecular flexibility index (Phi) is 2.85. The Morgan fingerprint density at radius 3 is 3.08 bits per heavy atom. The van der Waals surface area contributed by atoms with E-state index in [1.165, 1.54) is 6.08 Å². The number of ether oxygens (including phenoxy) is 1. The molecule has 12 heavy (non-hydrogen) atoms. The molecule has 0 aromatic heterocycles. The molecule has 0 radical (unpaired) electrons. The molecule has 0 fully saturated rings. The van der Waals surface area contributed by atoms with Crippen molar-refractivity contribution in [1.82, 2.24) is 4.90 Å². The van der Waals surface area contributed by atoms with Gasteiger partial charge in [-0.15, -0.1) is 0 Å². The third-order valence-electron chi connectivity index (χ3n) is 1.53. The first-order valence-electron chi connectivity index (χ1n) is 3.90. The molecule has 1 rings (SSSR count). The highest BCUT2D eigenvalue weighted by Crippen LogP contribution is 2.04. The van der Waals surface area contributed by atoms with Crippen LogP contribution in [0.25, 0.3) is 0 Å². The second-order valence-electron chi connectivity index (χ2n) is 2.38. The number of amides is 2. The van der Waals surface area contributed by atoms with E-state index in [0.29, 0.717) is 19.6 Å². The van der Waals surface area contributed by atoms with Crippen LogP contribution in [0.1, 0.15) is 13.3 Å². The average molecular weight is 169 g/mol. The van der Waals surface area contributed by atoms with E-state index in [1.54, 1.807) is 13.0 Å². The molecule has 1 aliphatic heterocycles. The van der Waals surface area contributed by atoms with Crippen LogP contribution < -0.4 is 0 Å². The zero-order valence-electron chi connectivity index (χ0n) is 6.95. The highest BCUT2D eigenvalue weighted by molar-refractivity contribution is 5.99. The van der Waals surface area contributed by atoms with Gasteiger partial charge in [-0.3, -0.25) is 4.79 Å². The fourth-order valence-corrected chi connectivity index (χ4v) is 0.971. The highest BCUT2D eigenvalue weighted by Gasteiger charge is 2.21. The average Bonchev–Trinajstić information content (AvgIpc) is 2.05. The molecule has 0 aliphatic carbocycles. The molecular weight excluding hydrogens is 158 g/mol. The molecule has 0 atom stereocenters. The Labute approximate surface area is 70.8 Å². The summed E-state index contributed by atoms with van der Waals surface area (Å²) in [4.78, 5) is 23.2. The maximum absolute atomic E-state index is 11.1. The summed E-state index contributed by atoms with van der Waals surface area (Å²) >= 11 is 0. The van der Waals surface area contributed by atoms with Crippen molar-refractivity contribution in [3.05, 3.63) is 12.2 Å². The summed E-state index contributed by atoms with van der Waals surface area (Å²) in [5.74, 6) is -0.292. The molecule has 0 aromatic carbocycles. The van der Waals surface area contributed by atoms with Crippen molar-refractivity contribution in [2.45, 2.75) is 13.3 Å². The summed E-state index contributed by atoms with van der Waals surface area (Å²) in [6.07, 6.45) is 3.30. The van der Waals surface area contributed by atoms with Crippen molar-refractivity contribution in [3.8, 4) is 0 Å². The second-order valence-corrected chi connectivity index (χ2v) is 2.38. The van der Waals surface area contributed by atoms with Crippen molar-refractivity contribution >= 4 is 12.0 Å². The number of carbonyl (C=O) groups excluding carboxylic acids is 2. The maximum Gasteiger partial charge on any atom is 0.416 e. The third-order valence-corrected chi connectivity index (χ3v) is 1.53. The van der Waals surface area contributed by atoms with E-state index in [1.807, 2.05) is 0 Å². The standard InChI is InChI=1S/C8H11NO3/c1-2-12-8(11)9-6-4-3-5-7(9)10/h3,5H,2,4,6H2,1H3. The summed E-state index contributed by atoms with van der Waals surface area (Å²) < 4.78 is 4.68. The topological polar surface area (TPSA) is 46.6 Å². The summed E-state index contributed by atoms with van der Waals surface area (Å²) in [6, 6.07) is 0. The SMILES string of the molecule is CCOC(=O)N1CCC=CC1=O. The summed E-state index contributed by atoms with van der Waals surface area (Å²) in [6.45, 7) is 2.43. The minimum absolute atomic E-state index is 0.292. The third kappa shape index (κ3) is 1.84. The zero-order valence-corrected chi connectivity index (χ0v) is 6.95. The van der Waals surface area contributed by atoms with Gasteiger partial charge >= 0.3 is 6.09 Å². The number of rotatable bonds is 1. The van der Waals surface area contributed by atoms with E-state index < -0.39 is 6.09 Å². The zero-order chi connectivity index (χ0) is 8.97. The van der Waals surface area contributed by atoms with Gasteiger partial charge in [0.25, 0.3) is 5.91 Å². The Balaban J connectivity index is 2.56. The number of nitrogens with zero attached hydrogens (tertiary/aromatic N) is 1. The summed E-state index contributed by atoms with van der Waals surface area (Å²) in [5, 5.41) is 0. The number of hydrogen-bond acceptors (Lipinski definition) is 3. The molecule has 0 aromatic rings. The van der Waals surface area contributed by atoms with Gasteiger partial charge in [0.2, 0.25) is 0 Å². The lowest BCUT2D eigenvalue weighted by Crippen LogP contribution is -2.38. The number of imide groups is 1. The lowest BCUT2D eigenvalue weighted by molar-refractivity contribution is -0.124. The lowest BCUT2D eigenvalue weighted by atomic mass is 10.2. The molecule has 0 bridgehead atoms. The fourth-order valence-electron chi connectivity index (χ4n) is 0.971. The van der Waals surface area contributed by atoms with Gasteiger partial charge in [-0.2, -0.15) is 0 Å². The number of carbonyl (C=O) groups is 2. The predicted octanol–water partition coefficient (Wildman–Crippen LogP) is 0.931. The first-order valence-corrected chi connectivity index (χ1v) is 3.90. The van der Waals surface area contributed by atoms with Gasteiger partial charge in [0.15, 0.2) is 0 Å².